The molecule has 1 aromatic heterocycles. The van der Waals surface area contributed by atoms with Gasteiger partial charge in [-0.15, -0.1) is 11.3 Å². The molecule has 0 atom stereocenters. The molecule has 3 rings (SSSR count). The normalized spacial score (nSPS) is 13.9. The Labute approximate surface area is 172 Å². The number of rotatable bonds is 5. The predicted molar refractivity (Wildman–Crippen MR) is 109 cm³/mol. The summed E-state index contributed by atoms with van der Waals surface area (Å²) < 4.78 is 6.03. The zero-order chi connectivity index (χ0) is 20.5. The van der Waals surface area contributed by atoms with Crippen LogP contribution in [0.4, 0.5) is 0 Å². The Morgan fingerprint density at radius 2 is 1.79 bits per heavy atom. The molecule has 2 N–H and O–H groups in total. The minimum Gasteiger partial charge on any atom is -0.488 e. The van der Waals surface area contributed by atoms with Crippen LogP contribution in [0.2, 0.25) is 5.02 Å². The summed E-state index contributed by atoms with van der Waals surface area (Å²) in [5.41, 5.74) is 2.55. The number of aliphatic carboxylic acids is 2. The van der Waals surface area contributed by atoms with Crippen molar-refractivity contribution in [3.05, 3.63) is 62.8 Å². The Kier molecular flexibility index (Phi) is 8.50. The molecule has 0 radical (unpaired) electrons. The summed E-state index contributed by atoms with van der Waals surface area (Å²) >= 11 is 8.09. The van der Waals surface area contributed by atoms with Gasteiger partial charge in [-0.1, -0.05) is 17.7 Å². The zero-order valence-corrected chi connectivity index (χ0v) is 17.0. The van der Waals surface area contributed by atoms with E-state index in [1.807, 2.05) is 12.1 Å². The maximum Gasteiger partial charge on any atom is 0.328 e. The predicted octanol–water partition coefficient (Wildman–Crippen LogP) is 3.72. The fourth-order valence-corrected chi connectivity index (χ4v) is 3.61. The number of ether oxygens (including phenoxy) is 1. The van der Waals surface area contributed by atoms with E-state index in [1.165, 1.54) is 16.0 Å². The second kappa shape index (κ2) is 10.8. The summed E-state index contributed by atoms with van der Waals surface area (Å²) in [6.07, 6.45) is 3.12. The summed E-state index contributed by atoms with van der Waals surface area (Å²) in [5, 5.41) is 18.6. The largest absolute Gasteiger partial charge is 0.488 e. The molecule has 2 aromatic rings. The monoisotopic (exact) mass is 423 g/mol. The van der Waals surface area contributed by atoms with E-state index >= 15 is 0 Å². The maximum absolute atomic E-state index is 9.55. The van der Waals surface area contributed by atoms with E-state index < -0.39 is 11.9 Å². The first-order valence-electron chi connectivity index (χ1n) is 8.64. The molecule has 2 heterocycles. The third-order valence-electron chi connectivity index (χ3n) is 4.14. The average molecular weight is 424 g/mol. The molecule has 0 saturated heterocycles. The van der Waals surface area contributed by atoms with E-state index in [-0.39, 0.29) is 0 Å². The van der Waals surface area contributed by atoms with Crippen molar-refractivity contribution in [2.45, 2.75) is 19.4 Å². The molecule has 1 aliphatic heterocycles. The van der Waals surface area contributed by atoms with Crippen LogP contribution in [0.15, 0.2) is 41.8 Å². The third kappa shape index (κ3) is 6.99. The standard InChI is InChI=1S/C16H18ClNOS.C4H4O4/c1-18-8-6-13-14(7-9-18)16(5-4-15(13)17)19-11-12-3-2-10-20-12;5-3(6)1-2-4(7)8/h2-5,10H,6-9,11H2,1H3;1-2H,(H,5,6)(H,7,8). The molecule has 0 saturated carbocycles. The minimum atomic E-state index is -1.26. The van der Waals surface area contributed by atoms with Crippen LogP contribution < -0.4 is 4.74 Å². The Hall–Kier alpha value is -2.35. The van der Waals surface area contributed by atoms with Gasteiger partial charge in [-0.25, -0.2) is 9.59 Å². The number of benzene rings is 1. The van der Waals surface area contributed by atoms with E-state index in [1.54, 1.807) is 11.3 Å². The van der Waals surface area contributed by atoms with E-state index in [0.717, 1.165) is 36.7 Å². The number of carboxylic acid groups (broad SMARTS) is 2. The van der Waals surface area contributed by atoms with Crippen molar-refractivity contribution >= 4 is 34.9 Å². The smallest absolute Gasteiger partial charge is 0.328 e. The third-order valence-corrected chi connectivity index (χ3v) is 5.34. The van der Waals surface area contributed by atoms with Gasteiger partial charge in [0.05, 0.1) is 0 Å². The van der Waals surface area contributed by atoms with Crippen LogP contribution in [0, 0.1) is 0 Å². The average Bonchev–Trinajstić information content (AvgIpc) is 3.09. The van der Waals surface area contributed by atoms with E-state index in [9.17, 15) is 9.59 Å². The topological polar surface area (TPSA) is 87.1 Å². The van der Waals surface area contributed by atoms with E-state index in [0.29, 0.717) is 18.8 Å². The molecule has 6 nitrogen and oxygen atoms in total. The van der Waals surface area contributed by atoms with Crippen molar-refractivity contribution in [2.24, 2.45) is 0 Å². The Bertz CT molecular complexity index is 819. The van der Waals surface area contributed by atoms with Crippen LogP contribution in [0.3, 0.4) is 0 Å². The van der Waals surface area contributed by atoms with Crippen LogP contribution in [0.1, 0.15) is 16.0 Å². The van der Waals surface area contributed by atoms with Crippen LogP contribution in [-0.4, -0.2) is 47.2 Å². The molecule has 150 valence electrons. The number of fused-ring (bicyclic) bond motifs is 1. The quantitative estimate of drug-likeness (QED) is 0.712. The molecule has 0 amide bonds. The van der Waals surface area contributed by atoms with Gasteiger partial charge in [-0.3, -0.25) is 0 Å². The number of halogens is 1. The minimum absolute atomic E-state index is 0.558. The number of nitrogens with zero attached hydrogens (tertiary/aromatic N) is 1. The molecule has 0 aliphatic carbocycles. The van der Waals surface area contributed by atoms with Crippen molar-refractivity contribution in [3.63, 3.8) is 0 Å². The van der Waals surface area contributed by atoms with Crippen molar-refractivity contribution in [1.29, 1.82) is 0 Å². The van der Waals surface area contributed by atoms with Gasteiger partial charge >= 0.3 is 11.9 Å². The van der Waals surface area contributed by atoms with Gasteiger partial charge in [-0.05, 0) is 49.0 Å². The van der Waals surface area contributed by atoms with Crippen LogP contribution in [0.25, 0.3) is 0 Å². The molecule has 0 unspecified atom stereocenters. The summed E-state index contributed by atoms with van der Waals surface area (Å²) in [5.74, 6) is -1.52. The van der Waals surface area contributed by atoms with Gasteiger partial charge in [0, 0.05) is 40.7 Å². The summed E-state index contributed by atoms with van der Waals surface area (Å²) in [4.78, 5) is 22.7. The highest BCUT2D eigenvalue weighted by Crippen LogP contribution is 2.32. The lowest BCUT2D eigenvalue weighted by Gasteiger charge is -2.14. The molecule has 1 aromatic carbocycles. The van der Waals surface area contributed by atoms with E-state index in [2.05, 4.69) is 29.5 Å². The highest BCUT2D eigenvalue weighted by molar-refractivity contribution is 7.09. The second-order valence-electron chi connectivity index (χ2n) is 6.18. The zero-order valence-electron chi connectivity index (χ0n) is 15.4. The van der Waals surface area contributed by atoms with Gasteiger partial charge in [0.1, 0.15) is 12.4 Å². The Morgan fingerprint density at radius 3 is 2.36 bits per heavy atom. The maximum atomic E-state index is 9.55. The van der Waals surface area contributed by atoms with Gasteiger partial charge in [0.15, 0.2) is 0 Å². The summed E-state index contributed by atoms with van der Waals surface area (Å²) in [6, 6.07) is 8.14. The van der Waals surface area contributed by atoms with Crippen molar-refractivity contribution in [1.82, 2.24) is 4.90 Å². The first-order valence-corrected chi connectivity index (χ1v) is 9.90. The van der Waals surface area contributed by atoms with Crippen molar-refractivity contribution in [3.8, 4) is 5.75 Å². The number of thiophene rings is 1. The second-order valence-corrected chi connectivity index (χ2v) is 7.62. The van der Waals surface area contributed by atoms with Gasteiger partial charge in [0.25, 0.3) is 0 Å². The lowest BCUT2D eigenvalue weighted by molar-refractivity contribution is -0.134. The first kappa shape index (κ1) is 21.9. The molecule has 0 spiro atoms. The number of likely N-dealkylation sites (N-methyl/N-ethyl adjacent to an activating group) is 1. The van der Waals surface area contributed by atoms with Crippen LogP contribution in [0.5, 0.6) is 5.75 Å². The summed E-state index contributed by atoms with van der Waals surface area (Å²) in [6.45, 7) is 2.76. The number of hydrogen-bond acceptors (Lipinski definition) is 5. The lowest BCUT2D eigenvalue weighted by Crippen LogP contribution is -2.20. The van der Waals surface area contributed by atoms with Crippen molar-refractivity contribution in [2.75, 3.05) is 20.1 Å². The molecule has 28 heavy (non-hydrogen) atoms. The molecular weight excluding hydrogens is 402 g/mol. The molecule has 1 aliphatic rings. The molecular formula is C20H22ClNO5S. The molecule has 0 bridgehead atoms. The number of carboxylic acids is 2. The van der Waals surface area contributed by atoms with Crippen LogP contribution in [-0.2, 0) is 29.0 Å². The number of carbonyl (C=O) groups is 2. The lowest BCUT2D eigenvalue weighted by atomic mass is 10.0. The van der Waals surface area contributed by atoms with Gasteiger partial charge < -0.3 is 19.8 Å². The van der Waals surface area contributed by atoms with Gasteiger partial charge in [0.2, 0.25) is 0 Å². The summed E-state index contributed by atoms with van der Waals surface area (Å²) in [7, 11) is 2.16. The fraction of sp³-hybridized carbons (Fsp3) is 0.300. The highest BCUT2D eigenvalue weighted by Gasteiger charge is 2.18. The first-order chi connectivity index (χ1) is 13.4. The van der Waals surface area contributed by atoms with Crippen LogP contribution >= 0.6 is 22.9 Å². The molecule has 8 heteroatoms. The number of hydrogen-bond donors (Lipinski definition) is 2. The van der Waals surface area contributed by atoms with E-state index in [4.69, 9.17) is 26.6 Å². The highest BCUT2D eigenvalue weighted by atomic mass is 35.5. The van der Waals surface area contributed by atoms with Gasteiger partial charge in [-0.2, -0.15) is 0 Å². The SMILES string of the molecule is CN1CCc2c(Cl)ccc(OCc3cccs3)c2CC1.O=C(O)C=CC(=O)O. The van der Waals surface area contributed by atoms with Crippen molar-refractivity contribution < 1.29 is 24.5 Å². The Balaban J connectivity index is 0.000000300. The fourth-order valence-electron chi connectivity index (χ4n) is 2.73. The molecule has 0 fully saturated rings. The Morgan fingerprint density at radius 1 is 1.14 bits per heavy atom.